The van der Waals surface area contributed by atoms with Gasteiger partial charge in [-0.25, -0.2) is 0 Å². The van der Waals surface area contributed by atoms with Crippen molar-refractivity contribution in [3.63, 3.8) is 0 Å². The summed E-state index contributed by atoms with van der Waals surface area (Å²) in [4.78, 5) is 12.0. The molecule has 0 atom stereocenters. The second-order valence-electron chi connectivity index (χ2n) is 5.26. The van der Waals surface area contributed by atoms with Gasteiger partial charge in [0.25, 0.3) is 5.91 Å². The van der Waals surface area contributed by atoms with Crippen molar-refractivity contribution in [2.45, 2.75) is 6.54 Å². The molecule has 0 aliphatic carbocycles. The number of hydrogen-bond acceptors (Lipinski definition) is 4. The second-order valence-corrected chi connectivity index (χ2v) is 5.26. The molecule has 0 aliphatic rings. The summed E-state index contributed by atoms with van der Waals surface area (Å²) in [5, 5.41) is 6.15. The maximum atomic E-state index is 12.0. The number of carbonyl (C=O) groups excluding carboxylic acids is 1. The van der Waals surface area contributed by atoms with Gasteiger partial charge in [0.1, 0.15) is 18.1 Å². The maximum Gasteiger partial charge on any atom is 0.251 e. The Morgan fingerprint density at radius 1 is 1.12 bits per heavy atom. The number of ether oxygens (including phenoxy) is 2. The van der Waals surface area contributed by atoms with Gasteiger partial charge in [-0.15, -0.1) is 6.42 Å². The molecule has 0 bridgehead atoms. The molecule has 0 radical (unpaired) electrons. The molecular weight excluding hydrogens is 316 g/mol. The van der Waals surface area contributed by atoms with Gasteiger partial charge in [-0.2, -0.15) is 0 Å². The molecule has 0 spiro atoms. The fourth-order valence-corrected chi connectivity index (χ4v) is 2.24. The van der Waals surface area contributed by atoms with Crippen molar-refractivity contribution in [3.05, 3.63) is 59.7 Å². The van der Waals surface area contributed by atoms with Crippen LogP contribution >= 0.6 is 0 Å². The van der Waals surface area contributed by atoms with Gasteiger partial charge in [0.2, 0.25) is 0 Å². The first-order chi connectivity index (χ1) is 12.2. The standard InChI is InChI=1S/C20H22N2O3/c1-3-14-25-19-7-5-4-6-17(19)15-21-12-13-22-20(23)16-8-10-18(24-2)11-9-16/h1,4-11,21H,12-15H2,2H3,(H,22,23). The van der Waals surface area contributed by atoms with Crippen LogP contribution in [-0.4, -0.2) is 32.7 Å². The number of amides is 1. The van der Waals surface area contributed by atoms with Gasteiger partial charge in [-0.1, -0.05) is 24.1 Å². The van der Waals surface area contributed by atoms with Crippen LogP contribution < -0.4 is 20.1 Å². The first-order valence-electron chi connectivity index (χ1n) is 8.01. The normalized spacial score (nSPS) is 9.92. The largest absolute Gasteiger partial charge is 0.497 e. The third-order valence-corrected chi connectivity index (χ3v) is 3.54. The van der Waals surface area contributed by atoms with E-state index in [0.29, 0.717) is 25.2 Å². The summed E-state index contributed by atoms with van der Waals surface area (Å²) in [6.07, 6.45) is 5.22. The van der Waals surface area contributed by atoms with Crippen molar-refractivity contribution in [1.29, 1.82) is 0 Å². The quantitative estimate of drug-likeness (QED) is 0.544. The second kappa shape index (κ2) is 10.0. The SMILES string of the molecule is C#CCOc1ccccc1CNCCNC(=O)c1ccc(OC)cc1. The molecule has 5 heteroatoms. The number of hydrogen-bond donors (Lipinski definition) is 2. The number of methoxy groups -OCH3 is 1. The zero-order chi connectivity index (χ0) is 17.9. The summed E-state index contributed by atoms with van der Waals surface area (Å²) in [6.45, 7) is 2.05. The smallest absolute Gasteiger partial charge is 0.251 e. The molecule has 2 N–H and O–H groups in total. The average molecular weight is 338 g/mol. The predicted octanol–water partition coefficient (Wildman–Crippen LogP) is 2.23. The monoisotopic (exact) mass is 338 g/mol. The zero-order valence-electron chi connectivity index (χ0n) is 14.2. The molecule has 0 aliphatic heterocycles. The molecule has 2 aromatic carbocycles. The van der Waals surface area contributed by atoms with E-state index in [4.69, 9.17) is 15.9 Å². The van der Waals surface area contributed by atoms with Crippen molar-refractivity contribution in [3.8, 4) is 23.8 Å². The molecule has 130 valence electrons. The first-order valence-corrected chi connectivity index (χ1v) is 8.01. The minimum Gasteiger partial charge on any atom is -0.497 e. The molecule has 0 unspecified atom stereocenters. The van der Waals surface area contributed by atoms with Crippen molar-refractivity contribution < 1.29 is 14.3 Å². The lowest BCUT2D eigenvalue weighted by Crippen LogP contribution is -2.31. The van der Waals surface area contributed by atoms with Crippen LogP contribution in [0.1, 0.15) is 15.9 Å². The van der Waals surface area contributed by atoms with Crippen LogP contribution in [0.15, 0.2) is 48.5 Å². The molecule has 0 saturated carbocycles. The summed E-state index contributed by atoms with van der Waals surface area (Å²) >= 11 is 0. The van der Waals surface area contributed by atoms with E-state index in [9.17, 15) is 4.79 Å². The summed E-state index contributed by atoms with van der Waals surface area (Å²) in [5.74, 6) is 3.85. The van der Waals surface area contributed by atoms with Crippen LogP contribution in [0.2, 0.25) is 0 Å². The van der Waals surface area contributed by atoms with E-state index in [-0.39, 0.29) is 12.5 Å². The number of para-hydroxylation sites is 1. The number of terminal acetylenes is 1. The van der Waals surface area contributed by atoms with Gasteiger partial charge >= 0.3 is 0 Å². The Hall–Kier alpha value is -2.97. The van der Waals surface area contributed by atoms with Gasteiger partial charge in [0.15, 0.2) is 0 Å². The highest BCUT2D eigenvalue weighted by Crippen LogP contribution is 2.17. The van der Waals surface area contributed by atoms with Crippen LogP contribution in [0.25, 0.3) is 0 Å². The Kier molecular flexibility index (Phi) is 7.36. The molecule has 0 fully saturated rings. The summed E-state index contributed by atoms with van der Waals surface area (Å²) < 4.78 is 10.6. The first kappa shape index (κ1) is 18.4. The fourth-order valence-electron chi connectivity index (χ4n) is 2.24. The molecule has 0 saturated heterocycles. The average Bonchev–Trinajstić information content (AvgIpc) is 2.66. The fraction of sp³-hybridized carbons (Fsp3) is 0.250. The van der Waals surface area contributed by atoms with Gasteiger partial charge in [0, 0.05) is 30.8 Å². The van der Waals surface area contributed by atoms with Gasteiger partial charge < -0.3 is 20.1 Å². The van der Waals surface area contributed by atoms with Crippen LogP contribution in [0.5, 0.6) is 11.5 Å². The van der Waals surface area contributed by atoms with Crippen molar-refractivity contribution in [2.24, 2.45) is 0 Å². The zero-order valence-corrected chi connectivity index (χ0v) is 14.2. The van der Waals surface area contributed by atoms with E-state index in [2.05, 4.69) is 16.6 Å². The number of rotatable bonds is 9. The summed E-state index contributed by atoms with van der Waals surface area (Å²) in [7, 11) is 1.59. The lowest BCUT2D eigenvalue weighted by Gasteiger charge is -2.11. The van der Waals surface area contributed by atoms with Crippen LogP contribution in [0.4, 0.5) is 0 Å². The number of nitrogens with one attached hydrogen (secondary N) is 2. The van der Waals surface area contributed by atoms with E-state index >= 15 is 0 Å². The van der Waals surface area contributed by atoms with Gasteiger partial charge in [-0.05, 0) is 30.3 Å². The molecule has 1 amide bonds. The molecule has 0 heterocycles. The molecule has 5 nitrogen and oxygen atoms in total. The van der Waals surface area contributed by atoms with Crippen LogP contribution in [0, 0.1) is 12.3 Å². The highest BCUT2D eigenvalue weighted by molar-refractivity contribution is 5.94. The Bertz CT molecular complexity index is 720. The highest BCUT2D eigenvalue weighted by atomic mass is 16.5. The molecule has 2 rings (SSSR count). The van der Waals surface area contributed by atoms with E-state index in [1.165, 1.54) is 0 Å². The Morgan fingerprint density at radius 3 is 2.60 bits per heavy atom. The molecular formula is C20H22N2O3. The third-order valence-electron chi connectivity index (χ3n) is 3.54. The lowest BCUT2D eigenvalue weighted by molar-refractivity contribution is 0.0954. The van der Waals surface area contributed by atoms with Crippen molar-refractivity contribution in [1.82, 2.24) is 10.6 Å². The highest BCUT2D eigenvalue weighted by Gasteiger charge is 2.05. The molecule has 2 aromatic rings. The maximum absolute atomic E-state index is 12.0. The topological polar surface area (TPSA) is 59.6 Å². The Morgan fingerprint density at radius 2 is 1.88 bits per heavy atom. The summed E-state index contributed by atoms with van der Waals surface area (Å²) in [6, 6.07) is 14.7. The van der Waals surface area contributed by atoms with Gasteiger partial charge in [0.05, 0.1) is 7.11 Å². The van der Waals surface area contributed by atoms with E-state index in [0.717, 1.165) is 17.1 Å². The van der Waals surface area contributed by atoms with Crippen molar-refractivity contribution in [2.75, 3.05) is 26.8 Å². The van der Waals surface area contributed by atoms with E-state index in [1.54, 1.807) is 31.4 Å². The van der Waals surface area contributed by atoms with Crippen LogP contribution in [-0.2, 0) is 6.54 Å². The molecule has 25 heavy (non-hydrogen) atoms. The van der Waals surface area contributed by atoms with Crippen LogP contribution in [0.3, 0.4) is 0 Å². The summed E-state index contributed by atoms with van der Waals surface area (Å²) in [5.41, 5.74) is 1.63. The number of benzene rings is 2. The predicted molar refractivity (Wildman–Crippen MR) is 97.8 cm³/mol. The minimum absolute atomic E-state index is 0.109. The minimum atomic E-state index is -0.109. The molecule has 0 aromatic heterocycles. The van der Waals surface area contributed by atoms with Gasteiger partial charge in [-0.3, -0.25) is 4.79 Å². The van der Waals surface area contributed by atoms with Crippen molar-refractivity contribution >= 4 is 5.91 Å². The Labute approximate surface area is 148 Å². The Balaban J connectivity index is 1.72. The lowest BCUT2D eigenvalue weighted by atomic mass is 10.2. The number of carbonyl (C=O) groups is 1. The van der Waals surface area contributed by atoms with E-state index < -0.39 is 0 Å². The van der Waals surface area contributed by atoms with E-state index in [1.807, 2.05) is 24.3 Å². The third kappa shape index (κ3) is 5.87.